The van der Waals surface area contributed by atoms with E-state index in [1.165, 1.54) is 6.33 Å². The maximum absolute atomic E-state index is 11.9. The molecule has 28 heavy (non-hydrogen) atoms. The van der Waals surface area contributed by atoms with Gasteiger partial charge in [0.15, 0.2) is 11.2 Å². The topological polar surface area (TPSA) is 136 Å². The summed E-state index contributed by atoms with van der Waals surface area (Å²) >= 11 is 0. The van der Waals surface area contributed by atoms with Crippen molar-refractivity contribution in [2.45, 2.75) is 6.54 Å². The van der Waals surface area contributed by atoms with E-state index in [4.69, 9.17) is 15.6 Å². The second-order valence-corrected chi connectivity index (χ2v) is 6.06. The molecular formula is C19H15N5O4. The molecule has 0 unspecified atom stereocenters. The van der Waals surface area contributed by atoms with Crippen LogP contribution in [0.15, 0.2) is 59.7 Å². The number of fused-ring (bicyclic) bond motifs is 1. The van der Waals surface area contributed by atoms with Gasteiger partial charge in [-0.1, -0.05) is 42.5 Å². The number of hydrogen-bond donors (Lipinski definition) is 3. The van der Waals surface area contributed by atoms with Crippen LogP contribution in [-0.2, 0) is 6.54 Å². The fourth-order valence-corrected chi connectivity index (χ4v) is 2.96. The van der Waals surface area contributed by atoms with Crippen molar-refractivity contribution in [2.75, 3.05) is 5.73 Å². The van der Waals surface area contributed by atoms with Gasteiger partial charge in [-0.2, -0.15) is 4.98 Å². The molecule has 0 saturated heterocycles. The predicted octanol–water partition coefficient (Wildman–Crippen LogP) is 2.47. The first-order valence-corrected chi connectivity index (χ1v) is 8.31. The molecule has 2 heterocycles. The van der Waals surface area contributed by atoms with Crippen LogP contribution in [0, 0.1) is 0 Å². The highest BCUT2D eigenvalue weighted by molar-refractivity contribution is 5.74. The zero-order valence-electron chi connectivity index (χ0n) is 14.5. The Hall–Kier alpha value is -4.14. The number of nitrogens with zero attached hydrogens (tertiary/aromatic N) is 3. The average Bonchev–Trinajstić information content (AvgIpc) is 3.05. The van der Waals surface area contributed by atoms with Gasteiger partial charge >= 0.3 is 6.16 Å². The largest absolute Gasteiger partial charge is 0.511 e. The zero-order chi connectivity index (χ0) is 19.7. The van der Waals surface area contributed by atoms with E-state index in [2.05, 4.69) is 15.0 Å². The van der Waals surface area contributed by atoms with Crippen LogP contribution >= 0.6 is 0 Å². The van der Waals surface area contributed by atoms with Gasteiger partial charge in [0, 0.05) is 5.56 Å². The lowest BCUT2D eigenvalue weighted by Gasteiger charge is -2.09. The van der Waals surface area contributed by atoms with Gasteiger partial charge in [0.25, 0.3) is 5.56 Å². The number of benzene rings is 2. The first-order valence-electron chi connectivity index (χ1n) is 8.31. The van der Waals surface area contributed by atoms with Crippen LogP contribution in [0.3, 0.4) is 0 Å². The van der Waals surface area contributed by atoms with Gasteiger partial charge in [0.2, 0.25) is 5.95 Å². The Morgan fingerprint density at radius 3 is 2.68 bits per heavy atom. The number of nitrogen functional groups attached to an aromatic ring is 1. The second-order valence-electron chi connectivity index (χ2n) is 6.06. The highest BCUT2D eigenvalue weighted by atomic mass is 16.7. The van der Waals surface area contributed by atoms with Crippen molar-refractivity contribution in [3.63, 3.8) is 0 Å². The summed E-state index contributed by atoms with van der Waals surface area (Å²) in [5.41, 5.74) is 8.30. The normalized spacial score (nSPS) is 10.9. The molecular weight excluding hydrogens is 362 g/mol. The Balaban J connectivity index is 1.63. The number of anilines is 1. The molecule has 0 atom stereocenters. The molecule has 9 nitrogen and oxygen atoms in total. The SMILES string of the molecule is Nc1nc2c(ncn2Cc2ccc(-c3ccccc3OC(=O)O)cc2)c(=O)[nH]1. The minimum atomic E-state index is -1.36. The minimum absolute atomic E-state index is 0.0321. The van der Waals surface area contributed by atoms with Gasteiger partial charge in [-0.15, -0.1) is 0 Å². The molecule has 4 rings (SSSR count). The van der Waals surface area contributed by atoms with Gasteiger partial charge in [-0.3, -0.25) is 9.78 Å². The molecule has 0 spiro atoms. The molecule has 4 aromatic rings. The number of imidazole rings is 1. The fraction of sp³-hybridized carbons (Fsp3) is 0.0526. The smallest absolute Gasteiger partial charge is 0.449 e. The number of nitrogens with one attached hydrogen (secondary N) is 1. The number of hydrogen-bond acceptors (Lipinski definition) is 6. The lowest BCUT2D eigenvalue weighted by atomic mass is 10.0. The molecule has 4 N–H and O–H groups in total. The molecule has 9 heteroatoms. The standard InChI is InChI=1S/C19H15N5O4/c20-18-22-16-15(17(25)23-18)21-10-24(16)9-11-5-7-12(8-6-11)13-3-1-2-4-14(13)28-19(26)27/h1-8,10H,9H2,(H,26,27)(H3,20,22,23,25). The van der Waals surface area contributed by atoms with E-state index in [1.807, 2.05) is 30.3 Å². The molecule has 0 aliphatic heterocycles. The van der Waals surface area contributed by atoms with Crippen LogP contribution < -0.4 is 16.0 Å². The number of aromatic nitrogens is 4. The van der Waals surface area contributed by atoms with Crippen LogP contribution in [0.2, 0.25) is 0 Å². The maximum atomic E-state index is 11.9. The van der Waals surface area contributed by atoms with Crippen molar-refractivity contribution in [2.24, 2.45) is 0 Å². The Bertz CT molecular complexity index is 1230. The van der Waals surface area contributed by atoms with Crippen LogP contribution in [-0.4, -0.2) is 30.8 Å². The average molecular weight is 377 g/mol. The predicted molar refractivity (Wildman–Crippen MR) is 102 cm³/mol. The van der Waals surface area contributed by atoms with Crippen LogP contribution in [0.25, 0.3) is 22.3 Å². The third-order valence-electron chi connectivity index (χ3n) is 4.20. The molecule has 0 amide bonds. The van der Waals surface area contributed by atoms with Crippen LogP contribution in [0.5, 0.6) is 5.75 Å². The monoisotopic (exact) mass is 377 g/mol. The Morgan fingerprint density at radius 2 is 1.93 bits per heavy atom. The number of rotatable bonds is 4. The summed E-state index contributed by atoms with van der Waals surface area (Å²) in [6.45, 7) is 0.444. The van der Waals surface area contributed by atoms with Gasteiger partial charge in [0.05, 0.1) is 12.9 Å². The van der Waals surface area contributed by atoms with Crippen molar-refractivity contribution < 1.29 is 14.6 Å². The van der Waals surface area contributed by atoms with Crippen LogP contribution in [0.4, 0.5) is 10.7 Å². The fourth-order valence-electron chi connectivity index (χ4n) is 2.96. The van der Waals surface area contributed by atoms with Gasteiger partial charge in [0.1, 0.15) is 5.75 Å². The number of aromatic amines is 1. The van der Waals surface area contributed by atoms with Crippen molar-refractivity contribution in [1.82, 2.24) is 19.5 Å². The summed E-state index contributed by atoms with van der Waals surface area (Å²) in [5, 5.41) is 8.88. The minimum Gasteiger partial charge on any atom is -0.449 e. The van der Waals surface area contributed by atoms with Crippen molar-refractivity contribution in [3.8, 4) is 16.9 Å². The van der Waals surface area contributed by atoms with E-state index in [1.54, 1.807) is 22.8 Å². The molecule has 0 bridgehead atoms. The maximum Gasteiger partial charge on any atom is 0.511 e. The first kappa shape index (κ1) is 17.3. The Labute approximate surface area is 158 Å². The summed E-state index contributed by atoms with van der Waals surface area (Å²) in [6.07, 6.45) is 0.175. The van der Waals surface area contributed by atoms with E-state index in [9.17, 15) is 9.59 Å². The molecule has 0 saturated carbocycles. The first-order chi connectivity index (χ1) is 13.5. The number of ether oxygens (including phenoxy) is 1. The molecule has 140 valence electrons. The zero-order valence-corrected chi connectivity index (χ0v) is 14.5. The Kier molecular flexibility index (Phi) is 4.24. The lowest BCUT2D eigenvalue weighted by Crippen LogP contribution is -2.12. The van der Waals surface area contributed by atoms with Crippen molar-refractivity contribution >= 4 is 23.3 Å². The molecule has 0 aliphatic carbocycles. The number of H-pyrrole nitrogens is 1. The quantitative estimate of drug-likeness (QED) is 0.367. The molecule has 2 aromatic carbocycles. The van der Waals surface area contributed by atoms with Gasteiger partial charge < -0.3 is 20.1 Å². The number of carboxylic acid groups (broad SMARTS) is 1. The van der Waals surface area contributed by atoms with Crippen molar-refractivity contribution in [1.29, 1.82) is 0 Å². The molecule has 0 radical (unpaired) electrons. The van der Waals surface area contributed by atoms with Gasteiger partial charge in [-0.25, -0.2) is 9.78 Å². The number of para-hydroxylation sites is 1. The van der Waals surface area contributed by atoms with E-state index in [0.29, 0.717) is 17.8 Å². The number of nitrogens with two attached hydrogens (primary N) is 1. The molecule has 0 aliphatic rings. The lowest BCUT2D eigenvalue weighted by molar-refractivity contribution is 0.144. The molecule has 0 fully saturated rings. The van der Waals surface area contributed by atoms with Crippen LogP contribution in [0.1, 0.15) is 5.56 Å². The summed E-state index contributed by atoms with van der Waals surface area (Å²) in [5.74, 6) is 0.298. The summed E-state index contributed by atoms with van der Waals surface area (Å²) in [4.78, 5) is 33.4. The van der Waals surface area contributed by atoms with E-state index >= 15 is 0 Å². The van der Waals surface area contributed by atoms with Gasteiger partial charge in [-0.05, 0) is 17.2 Å². The summed E-state index contributed by atoms with van der Waals surface area (Å²) in [6, 6.07) is 14.4. The third kappa shape index (κ3) is 3.28. The van der Waals surface area contributed by atoms with Crippen molar-refractivity contribution in [3.05, 3.63) is 70.8 Å². The second kappa shape index (κ2) is 6.88. The summed E-state index contributed by atoms with van der Waals surface area (Å²) in [7, 11) is 0. The highest BCUT2D eigenvalue weighted by Gasteiger charge is 2.11. The Morgan fingerprint density at radius 1 is 1.18 bits per heavy atom. The highest BCUT2D eigenvalue weighted by Crippen LogP contribution is 2.30. The number of carbonyl (C=O) groups is 1. The van der Waals surface area contributed by atoms with E-state index in [0.717, 1.165) is 11.1 Å². The summed E-state index contributed by atoms with van der Waals surface area (Å²) < 4.78 is 6.57. The third-order valence-corrected chi connectivity index (χ3v) is 4.20. The van der Waals surface area contributed by atoms with E-state index in [-0.39, 0.29) is 22.8 Å². The van der Waals surface area contributed by atoms with E-state index < -0.39 is 6.16 Å². The molecule has 2 aromatic heterocycles.